The Labute approximate surface area is 93.1 Å². The molecule has 1 rings (SSSR count). The molecule has 0 aliphatic heterocycles. The first kappa shape index (κ1) is 12.2. The second kappa shape index (κ2) is 7.41. The Bertz CT molecular complexity index is 254. The molecule has 0 spiro atoms. The molecule has 0 aromatic carbocycles. The summed E-state index contributed by atoms with van der Waals surface area (Å²) >= 11 is 0. The van der Waals surface area contributed by atoms with Gasteiger partial charge >= 0.3 is 0 Å². The van der Waals surface area contributed by atoms with Crippen molar-refractivity contribution < 1.29 is 0 Å². The zero-order valence-electron chi connectivity index (χ0n) is 9.92. The summed E-state index contributed by atoms with van der Waals surface area (Å²) in [6.07, 6.45) is 7.24. The van der Waals surface area contributed by atoms with Crippen molar-refractivity contribution in [2.75, 3.05) is 6.54 Å². The van der Waals surface area contributed by atoms with Crippen molar-refractivity contribution in [2.24, 2.45) is 0 Å². The molecule has 0 atom stereocenters. The van der Waals surface area contributed by atoms with Crippen molar-refractivity contribution in [3.63, 3.8) is 0 Å². The van der Waals surface area contributed by atoms with E-state index in [2.05, 4.69) is 29.4 Å². The van der Waals surface area contributed by atoms with Crippen LogP contribution in [0, 0.1) is 6.92 Å². The van der Waals surface area contributed by atoms with E-state index in [0.29, 0.717) is 0 Å². The zero-order chi connectivity index (χ0) is 10.9. The molecule has 0 aliphatic rings. The Kier molecular flexibility index (Phi) is 6.02. The first-order valence-electron chi connectivity index (χ1n) is 5.95. The first-order valence-corrected chi connectivity index (χ1v) is 5.95. The predicted octanol–water partition coefficient (Wildman–Crippen LogP) is 3.06. The van der Waals surface area contributed by atoms with E-state index in [9.17, 15) is 0 Å². The van der Waals surface area contributed by atoms with Gasteiger partial charge in [-0.05, 0) is 31.5 Å². The van der Waals surface area contributed by atoms with Crippen molar-refractivity contribution in [3.8, 4) is 0 Å². The number of nitrogens with one attached hydrogen (secondary N) is 1. The Morgan fingerprint density at radius 2 is 2.07 bits per heavy atom. The van der Waals surface area contributed by atoms with E-state index in [-0.39, 0.29) is 0 Å². The third kappa shape index (κ3) is 5.53. The molecule has 1 aromatic rings. The Balaban J connectivity index is 2.07. The summed E-state index contributed by atoms with van der Waals surface area (Å²) in [7, 11) is 0. The smallest absolute Gasteiger partial charge is 0.0372 e. The van der Waals surface area contributed by atoms with Crippen LogP contribution in [0.15, 0.2) is 18.3 Å². The van der Waals surface area contributed by atoms with Crippen LogP contribution in [0.4, 0.5) is 0 Å². The monoisotopic (exact) mass is 206 g/mol. The number of pyridine rings is 1. The lowest BCUT2D eigenvalue weighted by Crippen LogP contribution is -2.14. The standard InChI is InChI=1S/C13H22N2/c1-3-4-5-6-9-14-10-13-8-7-12(2)15-11-13/h7-8,11,14H,3-6,9-10H2,1-2H3. The maximum Gasteiger partial charge on any atom is 0.0372 e. The van der Waals surface area contributed by atoms with Gasteiger partial charge in [-0.3, -0.25) is 4.98 Å². The molecule has 0 aliphatic carbocycles. The van der Waals surface area contributed by atoms with Gasteiger partial charge in [0.25, 0.3) is 0 Å². The van der Waals surface area contributed by atoms with Crippen molar-refractivity contribution in [2.45, 2.75) is 46.1 Å². The van der Waals surface area contributed by atoms with Gasteiger partial charge in [0.05, 0.1) is 0 Å². The van der Waals surface area contributed by atoms with E-state index in [4.69, 9.17) is 0 Å². The Morgan fingerprint density at radius 1 is 1.20 bits per heavy atom. The summed E-state index contributed by atoms with van der Waals surface area (Å²) < 4.78 is 0. The Morgan fingerprint density at radius 3 is 2.73 bits per heavy atom. The normalized spacial score (nSPS) is 10.5. The van der Waals surface area contributed by atoms with Crippen LogP contribution in [0.2, 0.25) is 0 Å². The van der Waals surface area contributed by atoms with Gasteiger partial charge in [0.2, 0.25) is 0 Å². The fourth-order valence-corrected chi connectivity index (χ4v) is 1.51. The van der Waals surface area contributed by atoms with Gasteiger partial charge in [-0.25, -0.2) is 0 Å². The fraction of sp³-hybridized carbons (Fsp3) is 0.615. The second-order valence-electron chi connectivity index (χ2n) is 4.05. The van der Waals surface area contributed by atoms with Crippen LogP contribution in [0.25, 0.3) is 0 Å². The average Bonchev–Trinajstić information content (AvgIpc) is 2.26. The van der Waals surface area contributed by atoms with Gasteiger partial charge in [0.1, 0.15) is 0 Å². The molecular formula is C13H22N2. The highest BCUT2D eigenvalue weighted by molar-refractivity contribution is 5.12. The molecule has 0 amide bonds. The molecule has 1 N–H and O–H groups in total. The summed E-state index contributed by atoms with van der Waals surface area (Å²) in [6.45, 7) is 6.32. The number of rotatable bonds is 7. The van der Waals surface area contributed by atoms with E-state index in [1.54, 1.807) is 0 Å². The molecule has 84 valence electrons. The van der Waals surface area contributed by atoms with Crippen LogP contribution in [0.1, 0.15) is 43.9 Å². The van der Waals surface area contributed by atoms with E-state index < -0.39 is 0 Å². The van der Waals surface area contributed by atoms with Crippen LogP contribution in [-0.2, 0) is 6.54 Å². The van der Waals surface area contributed by atoms with Gasteiger partial charge in [-0.15, -0.1) is 0 Å². The van der Waals surface area contributed by atoms with Gasteiger partial charge in [-0.2, -0.15) is 0 Å². The summed E-state index contributed by atoms with van der Waals surface area (Å²) in [4.78, 5) is 4.27. The van der Waals surface area contributed by atoms with Crippen molar-refractivity contribution in [1.29, 1.82) is 0 Å². The van der Waals surface area contributed by atoms with Crippen LogP contribution in [0.5, 0.6) is 0 Å². The molecule has 15 heavy (non-hydrogen) atoms. The first-order chi connectivity index (χ1) is 7.33. The van der Waals surface area contributed by atoms with Crippen LogP contribution in [-0.4, -0.2) is 11.5 Å². The molecule has 0 saturated heterocycles. The lowest BCUT2D eigenvalue weighted by atomic mass is 10.2. The van der Waals surface area contributed by atoms with Gasteiger partial charge in [-0.1, -0.05) is 32.3 Å². The summed E-state index contributed by atoms with van der Waals surface area (Å²) in [6, 6.07) is 4.20. The topological polar surface area (TPSA) is 24.9 Å². The van der Waals surface area contributed by atoms with Crippen molar-refractivity contribution >= 4 is 0 Å². The van der Waals surface area contributed by atoms with Crippen molar-refractivity contribution in [1.82, 2.24) is 10.3 Å². The predicted molar refractivity (Wildman–Crippen MR) is 64.8 cm³/mol. The third-order valence-electron chi connectivity index (χ3n) is 2.51. The highest BCUT2D eigenvalue weighted by atomic mass is 14.8. The SMILES string of the molecule is CCCCCCNCc1ccc(C)nc1. The highest BCUT2D eigenvalue weighted by Crippen LogP contribution is 2.00. The molecule has 2 heteroatoms. The molecule has 0 bridgehead atoms. The minimum Gasteiger partial charge on any atom is -0.313 e. The molecule has 0 unspecified atom stereocenters. The molecular weight excluding hydrogens is 184 g/mol. The van der Waals surface area contributed by atoms with Crippen LogP contribution < -0.4 is 5.32 Å². The summed E-state index contributed by atoms with van der Waals surface area (Å²) in [5.41, 5.74) is 2.36. The van der Waals surface area contributed by atoms with Crippen molar-refractivity contribution in [3.05, 3.63) is 29.6 Å². The number of nitrogens with zero attached hydrogens (tertiary/aromatic N) is 1. The number of aryl methyl sites for hydroxylation is 1. The van der Waals surface area contributed by atoms with Crippen LogP contribution in [0.3, 0.4) is 0 Å². The summed E-state index contributed by atoms with van der Waals surface area (Å²) in [5, 5.41) is 3.44. The van der Waals surface area contributed by atoms with Gasteiger partial charge in [0, 0.05) is 18.4 Å². The third-order valence-corrected chi connectivity index (χ3v) is 2.51. The summed E-state index contributed by atoms with van der Waals surface area (Å²) in [5.74, 6) is 0. The number of unbranched alkanes of at least 4 members (excludes halogenated alkanes) is 3. The fourth-order valence-electron chi connectivity index (χ4n) is 1.51. The highest BCUT2D eigenvalue weighted by Gasteiger charge is 1.93. The lowest BCUT2D eigenvalue weighted by Gasteiger charge is -2.04. The second-order valence-corrected chi connectivity index (χ2v) is 4.05. The van der Waals surface area contributed by atoms with E-state index >= 15 is 0 Å². The van der Waals surface area contributed by atoms with E-state index in [1.165, 1.54) is 31.2 Å². The molecule has 0 saturated carbocycles. The maximum atomic E-state index is 4.27. The number of aromatic nitrogens is 1. The minimum atomic E-state index is 0.944. The van der Waals surface area contributed by atoms with Crippen LogP contribution >= 0.6 is 0 Å². The van der Waals surface area contributed by atoms with E-state index in [0.717, 1.165) is 18.8 Å². The van der Waals surface area contributed by atoms with Gasteiger partial charge < -0.3 is 5.32 Å². The maximum absolute atomic E-state index is 4.27. The molecule has 1 aromatic heterocycles. The quantitative estimate of drug-likeness (QED) is 0.694. The largest absolute Gasteiger partial charge is 0.313 e. The lowest BCUT2D eigenvalue weighted by molar-refractivity contribution is 0.597. The zero-order valence-corrected chi connectivity index (χ0v) is 9.92. The molecule has 1 heterocycles. The molecule has 2 nitrogen and oxygen atoms in total. The average molecular weight is 206 g/mol. The molecule has 0 radical (unpaired) electrons. The van der Waals surface area contributed by atoms with Gasteiger partial charge in [0.15, 0.2) is 0 Å². The minimum absolute atomic E-state index is 0.944. The number of hydrogen-bond acceptors (Lipinski definition) is 2. The van der Waals surface area contributed by atoms with E-state index in [1.807, 2.05) is 13.1 Å². The number of hydrogen-bond donors (Lipinski definition) is 1. The molecule has 0 fully saturated rings. The Hall–Kier alpha value is -0.890.